The van der Waals surface area contributed by atoms with Crippen LogP contribution < -0.4 is 0 Å². The summed E-state index contributed by atoms with van der Waals surface area (Å²) in [7, 11) is 0. The summed E-state index contributed by atoms with van der Waals surface area (Å²) in [5.74, 6) is -0.442. The quantitative estimate of drug-likeness (QED) is 0.424. The molecule has 2 aromatic heterocycles. The molecule has 0 amide bonds. The molecule has 152 valence electrons. The normalized spacial score (nSPS) is 12.1. The van der Waals surface area contributed by atoms with Gasteiger partial charge in [-0.3, -0.25) is 4.98 Å². The van der Waals surface area contributed by atoms with E-state index in [0.29, 0.717) is 17.5 Å². The van der Waals surface area contributed by atoms with Gasteiger partial charge in [0.15, 0.2) is 6.10 Å². The number of carbonyl (C=O) groups is 1. The van der Waals surface area contributed by atoms with Crippen molar-refractivity contribution >= 4 is 16.9 Å². The molecular formula is C23H20FN3O3. The molecule has 2 heterocycles. The number of nitrogens with zero attached hydrogens (tertiary/aromatic N) is 3. The first-order valence-corrected chi connectivity index (χ1v) is 9.66. The first-order chi connectivity index (χ1) is 14.5. The second-order valence-corrected chi connectivity index (χ2v) is 6.93. The van der Waals surface area contributed by atoms with Crippen molar-refractivity contribution in [2.45, 2.75) is 33.3 Å². The summed E-state index contributed by atoms with van der Waals surface area (Å²) in [6.07, 6.45) is -0.0485. The number of ether oxygens (including phenoxy) is 1. The Morgan fingerprint density at radius 2 is 1.87 bits per heavy atom. The van der Waals surface area contributed by atoms with Crippen LogP contribution in [0.3, 0.4) is 0 Å². The standard InChI is InChI=1S/C23H20FN3O3/c1-4-18-13(2)20(17-7-5-6-8-19(17)25-18)23(28)29-14(3)21-26-27-22(30-21)15-9-11-16(24)12-10-15/h5-12,14H,4H2,1-3H3/t14-/m1/s1. The number of esters is 1. The number of aryl methyl sites for hydroxylation is 1. The van der Waals surface area contributed by atoms with E-state index in [2.05, 4.69) is 15.2 Å². The summed E-state index contributed by atoms with van der Waals surface area (Å²) in [5, 5.41) is 8.69. The van der Waals surface area contributed by atoms with Crippen molar-refractivity contribution in [2.24, 2.45) is 0 Å². The van der Waals surface area contributed by atoms with E-state index in [-0.39, 0.29) is 17.6 Å². The van der Waals surface area contributed by atoms with E-state index in [9.17, 15) is 9.18 Å². The van der Waals surface area contributed by atoms with Crippen LogP contribution in [-0.2, 0) is 11.2 Å². The van der Waals surface area contributed by atoms with Crippen LogP contribution in [0.2, 0.25) is 0 Å². The lowest BCUT2D eigenvalue weighted by molar-refractivity contribution is 0.0281. The molecule has 0 aliphatic rings. The van der Waals surface area contributed by atoms with Gasteiger partial charge in [-0.05, 0) is 56.2 Å². The van der Waals surface area contributed by atoms with Gasteiger partial charge < -0.3 is 9.15 Å². The number of carbonyl (C=O) groups excluding carboxylic acids is 1. The van der Waals surface area contributed by atoms with E-state index in [1.807, 2.05) is 38.1 Å². The molecule has 1 atom stereocenters. The second kappa shape index (κ2) is 8.02. The Labute approximate surface area is 172 Å². The number of fused-ring (bicyclic) bond motifs is 1. The summed E-state index contributed by atoms with van der Waals surface area (Å²) in [5.41, 5.74) is 3.46. The third-order valence-electron chi connectivity index (χ3n) is 4.94. The molecule has 4 aromatic rings. The third-order valence-corrected chi connectivity index (χ3v) is 4.94. The Kier molecular flexibility index (Phi) is 5.27. The van der Waals surface area contributed by atoms with Gasteiger partial charge in [0.2, 0.25) is 5.89 Å². The van der Waals surface area contributed by atoms with Crippen LogP contribution >= 0.6 is 0 Å². The molecular weight excluding hydrogens is 385 g/mol. The van der Waals surface area contributed by atoms with Gasteiger partial charge in [-0.1, -0.05) is 25.1 Å². The summed E-state index contributed by atoms with van der Waals surface area (Å²) < 4.78 is 24.4. The SMILES string of the molecule is CCc1nc2ccccc2c(C(=O)O[C@H](C)c2nnc(-c3ccc(F)cc3)o2)c1C. The second-order valence-electron chi connectivity index (χ2n) is 6.93. The highest BCUT2D eigenvalue weighted by atomic mass is 19.1. The molecule has 0 saturated heterocycles. The fourth-order valence-electron chi connectivity index (χ4n) is 3.34. The molecule has 0 unspecified atom stereocenters. The molecule has 0 aliphatic carbocycles. The fraction of sp³-hybridized carbons (Fsp3) is 0.217. The van der Waals surface area contributed by atoms with Crippen molar-refractivity contribution in [1.82, 2.24) is 15.2 Å². The number of aromatic nitrogens is 3. The zero-order valence-electron chi connectivity index (χ0n) is 16.8. The number of hydrogen-bond acceptors (Lipinski definition) is 6. The average molecular weight is 405 g/mol. The molecule has 7 heteroatoms. The highest BCUT2D eigenvalue weighted by molar-refractivity contribution is 6.05. The Bertz CT molecular complexity index is 1220. The lowest BCUT2D eigenvalue weighted by atomic mass is 10.0. The summed E-state index contributed by atoms with van der Waals surface area (Å²) in [6, 6.07) is 13.2. The number of para-hydroxylation sites is 1. The minimum absolute atomic E-state index is 0.161. The monoisotopic (exact) mass is 405 g/mol. The van der Waals surface area contributed by atoms with Crippen molar-refractivity contribution in [3.63, 3.8) is 0 Å². The van der Waals surface area contributed by atoms with Gasteiger partial charge >= 0.3 is 5.97 Å². The highest BCUT2D eigenvalue weighted by Gasteiger charge is 2.24. The molecule has 4 rings (SSSR count). The molecule has 6 nitrogen and oxygen atoms in total. The minimum Gasteiger partial charge on any atom is -0.449 e. The number of halogens is 1. The van der Waals surface area contributed by atoms with Crippen LogP contribution in [-0.4, -0.2) is 21.2 Å². The van der Waals surface area contributed by atoms with Crippen molar-refractivity contribution in [1.29, 1.82) is 0 Å². The van der Waals surface area contributed by atoms with Gasteiger partial charge in [0, 0.05) is 16.6 Å². The van der Waals surface area contributed by atoms with Gasteiger partial charge in [0.1, 0.15) is 5.82 Å². The van der Waals surface area contributed by atoms with E-state index >= 15 is 0 Å². The van der Waals surface area contributed by atoms with E-state index < -0.39 is 12.1 Å². The molecule has 0 aliphatic heterocycles. The fourth-order valence-corrected chi connectivity index (χ4v) is 3.34. The lowest BCUT2D eigenvalue weighted by Gasteiger charge is -2.15. The zero-order chi connectivity index (χ0) is 21.3. The smallest absolute Gasteiger partial charge is 0.339 e. The van der Waals surface area contributed by atoms with Crippen LogP contribution in [0.5, 0.6) is 0 Å². The Morgan fingerprint density at radius 3 is 2.60 bits per heavy atom. The van der Waals surface area contributed by atoms with Crippen LogP contribution in [0.15, 0.2) is 52.9 Å². The highest BCUT2D eigenvalue weighted by Crippen LogP contribution is 2.28. The number of hydrogen-bond donors (Lipinski definition) is 0. The molecule has 0 radical (unpaired) electrons. The first-order valence-electron chi connectivity index (χ1n) is 9.66. The topological polar surface area (TPSA) is 78.1 Å². The molecule has 0 fully saturated rings. The van der Waals surface area contributed by atoms with Crippen LogP contribution in [0.1, 0.15) is 47.5 Å². The first kappa shape index (κ1) is 19.7. The van der Waals surface area contributed by atoms with Gasteiger partial charge in [-0.25, -0.2) is 9.18 Å². The van der Waals surface area contributed by atoms with Crippen LogP contribution in [0, 0.1) is 12.7 Å². The van der Waals surface area contributed by atoms with Crippen LogP contribution in [0.25, 0.3) is 22.4 Å². The molecule has 0 saturated carbocycles. The lowest BCUT2D eigenvalue weighted by Crippen LogP contribution is -2.13. The molecule has 0 bridgehead atoms. The maximum Gasteiger partial charge on any atom is 0.339 e. The third kappa shape index (κ3) is 3.66. The maximum absolute atomic E-state index is 13.1. The van der Waals surface area contributed by atoms with Gasteiger partial charge in [0.25, 0.3) is 5.89 Å². The zero-order valence-corrected chi connectivity index (χ0v) is 16.8. The van der Waals surface area contributed by atoms with E-state index in [0.717, 1.165) is 22.2 Å². The summed E-state index contributed by atoms with van der Waals surface area (Å²) in [4.78, 5) is 17.7. The van der Waals surface area contributed by atoms with Crippen molar-refractivity contribution in [2.75, 3.05) is 0 Å². The van der Waals surface area contributed by atoms with E-state index in [1.165, 1.54) is 12.1 Å². The number of rotatable bonds is 5. The van der Waals surface area contributed by atoms with E-state index in [4.69, 9.17) is 9.15 Å². The largest absolute Gasteiger partial charge is 0.449 e. The molecule has 0 N–H and O–H groups in total. The van der Waals surface area contributed by atoms with E-state index in [1.54, 1.807) is 19.1 Å². The predicted molar refractivity (Wildman–Crippen MR) is 109 cm³/mol. The predicted octanol–water partition coefficient (Wildman–Crippen LogP) is 5.21. The molecule has 2 aromatic carbocycles. The van der Waals surface area contributed by atoms with Crippen molar-refractivity contribution in [3.05, 3.63) is 77.1 Å². The number of benzene rings is 2. The van der Waals surface area contributed by atoms with Crippen LogP contribution in [0.4, 0.5) is 4.39 Å². The molecule has 0 spiro atoms. The average Bonchev–Trinajstić information content (AvgIpc) is 3.24. The van der Waals surface area contributed by atoms with Crippen molar-refractivity contribution < 1.29 is 18.3 Å². The Morgan fingerprint density at radius 1 is 1.13 bits per heavy atom. The molecule has 30 heavy (non-hydrogen) atoms. The Hall–Kier alpha value is -3.61. The van der Waals surface area contributed by atoms with Gasteiger partial charge in [0.05, 0.1) is 11.1 Å². The van der Waals surface area contributed by atoms with Gasteiger partial charge in [-0.2, -0.15) is 0 Å². The van der Waals surface area contributed by atoms with Crippen molar-refractivity contribution in [3.8, 4) is 11.5 Å². The summed E-state index contributed by atoms with van der Waals surface area (Å²) >= 11 is 0. The van der Waals surface area contributed by atoms with Gasteiger partial charge in [-0.15, -0.1) is 10.2 Å². The maximum atomic E-state index is 13.1. The number of pyridine rings is 1. The minimum atomic E-state index is -0.754. The Balaban J connectivity index is 1.62. The summed E-state index contributed by atoms with van der Waals surface area (Å²) in [6.45, 7) is 5.54.